The molecule has 0 aromatic rings. The van der Waals surface area contributed by atoms with Crippen molar-refractivity contribution in [3.63, 3.8) is 0 Å². The smallest absolute Gasteiger partial charge is 0.330 e. The van der Waals surface area contributed by atoms with Crippen LogP contribution in [-0.2, 0) is 36.2 Å². The summed E-state index contributed by atoms with van der Waals surface area (Å²) in [5, 5.41) is 8.43. The molecule has 0 fully saturated rings. The first-order valence-electron chi connectivity index (χ1n) is 6.07. The van der Waals surface area contributed by atoms with Crippen molar-refractivity contribution in [1.29, 1.82) is 0 Å². The van der Waals surface area contributed by atoms with E-state index in [0.717, 1.165) is 6.42 Å². The molecular weight excluding hydrogens is 318 g/mol. The maximum Gasteiger partial charge on any atom is 0.330 e. The number of unbranched alkanes of at least 4 members (excludes halogenated alkanes) is 1. The number of hydrogen-bond acceptors (Lipinski definition) is 7. The number of nitrogens with two attached hydrogens (primary N) is 3. The summed E-state index contributed by atoms with van der Waals surface area (Å²) in [6, 6.07) is -2.04. The van der Waals surface area contributed by atoms with Gasteiger partial charge in [-0.15, -0.1) is 0 Å². The normalized spacial score (nSPS) is 12.9. The first kappa shape index (κ1) is 21.3. The van der Waals surface area contributed by atoms with Crippen LogP contribution in [0.1, 0.15) is 32.1 Å². The number of carboxylic acids is 1. The van der Waals surface area contributed by atoms with Crippen LogP contribution in [0.3, 0.4) is 0 Å². The molecule has 8 nitrogen and oxygen atoms in total. The Bertz CT molecular complexity index is 327. The zero-order chi connectivity index (χ0) is 14.8. The Morgan fingerprint density at radius 1 is 1.00 bits per heavy atom. The molecule has 2 atom stereocenters. The van der Waals surface area contributed by atoms with E-state index in [1.54, 1.807) is 0 Å². The van der Waals surface area contributed by atoms with Gasteiger partial charge in [-0.25, -0.2) is 9.59 Å². The minimum absolute atomic E-state index is 0. The fraction of sp³-hybridized carbons (Fsp3) is 0.727. The van der Waals surface area contributed by atoms with Crippen LogP contribution in [0.5, 0.6) is 0 Å². The van der Waals surface area contributed by atoms with Crippen molar-refractivity contribution < 1.29 is 41.3 Å². The van der Waals surface area contributed by atoms with Crippen LogP contribution < -0.4 is 17.2 Å². The minimum atomic E-state index is -1.14. The van der Waals surface area contributed by atoms with Gasteiger partial charge in [-0.05, 0) is 25.8 Å². The van der Waals surface area contributed by atoms with E-state index in [1.165, 1.54) is 0 Å². The summed E-state index contributed by atoms with van der Waals surface area (Å²) < 4.78 is 4.48. The Morgan fingerprint density at radius 3 is 1.95 bits per heavy atom. The van der Waals surface area contributed by atoms with Gasteiger partial charge in [-0.1, -0.05) is 6.42 Å². The van der Waals surface area contributed by atoms with E-state index in [-0.39, 0.29) is 29.9 Å². The van der Waals surface area contributed by atoms with Crippen molar-refractivity contribution in [2.75, 3.05) is 6.54 Å². The molecular formula is C11H21CuN3O5. The van der Waals surface area contributed by atoms with E-state index in [2.05, 4.69) is 4.74 Å². The number of carbonyl (C=O) groups is 3. The van der Waals surface area contributed by atoms with Gasteiger partial charge in [0.15, 0.2) is 0 Å². The molecule has 0 heterocycles. The van der Waals surface area contributed by atoms with Gasteiger partial charge in [0.2, 0.25) is 0 Å². The van der Waals surface area contributed by atoms with Crippen LogP contribution in [0.15, 0.2) is 0 Å². The molecule has 0 spiro atoms. The van der Waals surface area contributed by atoms with E-state index in [0.29, 0.717) is 19.4 Å². The molecule has 0 aromatic heterocycles. The molecule has 0 unspecified atom stereocenters. The summed E-state index contributed by atoms with van der Waals surface area (Å²) in [6.45, 7) is 0.501. The predicted molar refractivity (Wildman–Crippen MR) is 66.8 cm³/mol. The van der Waals surface area contributed by atoms with Crippen molar-refractivity contribution in [3.05, 3.63) is 0 Å². The van der Waals surface area contributed by atoms with Crippen molar-refractivity contribution >= 4 is 17.9 Å². The first-order valence-corrected chi connectivity index (χ1v) is 6.07. The Kier molecular flexibility index (Phi) is 12.6. The van der Waals surface area contributed by atoms with Crippen LogP contribution in [0.2, 0.25) is 0 Å². The Labute approximate surface area is 127 Å². The summed E-state index contributed by atoms with van der Waals surface area (Å²) in [6.07, 6.45) is 1.39. The van der Waals surface area contributed by atoms with E-state index in [4.69, 9.17) is 22.3 Å². The van der Waals surface area contributed by atoms with E-state index in [9.17, 15) is 14.4 Å². The molecule has 0 aliphatic rings. The average molecular weight is 339 g/mol. The van der Waals surface area contributed by atoms with Gasteiger partial charge < -0.3 is 27.0 Å². The Hall–Kier alpha value is -0.991. The second-order valence-corrected chi connectivity index (χ2v) is 4.17. The number of ether oxygens (including phenoxy) is 1. The molecule has 0 aromatic carbocycles. The van der Waals surface area contributed by atoms with Gasteiger partial charge in [-0.2, -0.15) is 0 Å². The summed E-state index contributed by atoms with van der Waals surface area (Å²) in [5.74, 6) is -2.89. The summed E-state index contributed by atoms with van der Waals surface area (Å²) in [5.41, 5.74) is 16.2. The van der Waals surface area contributed by atoms with Crippen LogP contribution in [0.25, 0.3) is 0 Å². The van der Waals surface area contributed by atoms with Gasteiger partial charge in [-0.3, -0.25) is 4.79 Å². The molecule has 7 N–H and O–H groups in total. The number of carbonyl (C=O) groups excluding carboxylic acids is 2. The zero-order valence-corrected chi connectivity index (χ0v) is 12.0. The number of aliphatic carboxylic acids is 1. The molecule has 0 aliphatic carbocycles. The third-order valence-electron chi connectivity index (χ3n) is 2.45. The predicted octanol–water partition coefficient (Wildman–Crippen LogP) is -1.30. The maximum absolute atomic E-state index is 11.4. The van der Waals surface area contributed by atoms with Crippen LogP contribution in [0, 0.1) is 0 Å². The van der Waals surface area contributed by atoms with Gasteiger partial charge in [0.1, 0.15) is 12.1 Å². The minimum Gasteiger partial charge on any atom is -0.481 e. The molecule has 0 bridgehead atoms. The van der Waals surface area contributed by atoms with Gasteiger partial charge >= 0.3 is 17.9 Å². The first-order chi connectivity index (χ1) is 8.88. The second-order valence-electron chi connectivity index (χ2n) is 4.17. The van der Waals surface area contributed by atoms with Crippen LogP contribution >= 0.6 is 0 Å². The van der Waals surface area contributed by atoms with Crippen molar-refractivity contribution in [2.24, 2.45) is 17.2 Å². The number of esters is 2. The number of carboxylic acid groups (broad SMARTS) is 1. The van der Waals surface area contributed by atoms with E-state index in [1.807, 2.05) is 0 Å². The molecule has 0 aliphatic heterocycles. The van der Waals surface area contributed by atoms with Gasteiger partial charge in [0.05, 0.1) is 0 Å². The van der Waals surface area contributed by atoms with Crippen molar-refractivity contribution in [1.82, 2.24) is 0 Å². The van der Waals surface area contributed by atoms with E-state index >= 15 is 0 Å². The number of hydrogen-bond donors (Lipinski definition) is 4. The topological polar surface area (TPSA) is 159 Å². The van der Waals surface area contributed by atoms with E-state index < -0.39 is 30.0 Å². The zero-order valence-electron chi connectivity index (χ0n) is 11.0. The fourth-order valence-corrected chi connectivity index (χ4v) is 1.27. The molecule has 20 heavy (non-hydrogen) atoms. The maximum atomic E-state index is 11.4. The van der Waals surface area contributed by atoms with Crippen LogP contribution in [0.4, 0.5) is 0 Å². The summed E-state index contributed by atoms with van der Waals surface area (Å²) >= 11 is 0. The molecule has 9 heteroatoms. The third kappa shape index (κ3) is 9.88. The van der Waals surface area contributed by atoms with Crippen molar-refractivity contribution in [3.8, 4) is 0 Å². The summed E-state index contributed by atoms with van der Waals surface area (Å²) in [7, 11) is 0. The van der Waals surface area contributed by atoms with Crippen molar-refractivity contribution in [2.45, 2.75) is 44.2 Å². The monoisotopic (exact) mass is 338 g/mol. The quantitative estimate of drug-likeness (QED) is 0.175. The molecule has 0 amide bonds. The molecule has 1 radical (unpaired) electrons. The number of rotatable bonds is 9. The Morgan fingerprint density at radius 2 is 1.50 bits per heavy atom. The Balaban J connectivity index is 0. The average Bonchev–Trinajstić information content (AvgIpc) is 2.35. The molecule has 0 saturated heterocycles. The van der Waals surface area contributed by atoms with Gasteiger partial charge in [0.25, 0.3) is 0 Å². The molecule has 0 saturated carbocycles. The van der Waals surface area contributed by atoms with Gasteiger partial charge in [0, 0.05) is 23.5 Å². The largest absolute Gasteiger partial charge is 0.481 e. The summed E-state index contributed by atoms with van der Waals surface area (Å²) in [4.78, 5) is 33.1. The molecule has 0 rings (SSSR count). The SMILES string of the molecule is NCCCC[C@H](N)C(=O)OC(=O)[C@@H](N)CCC(=O)O.[Cu]. The van der Waals surface area contributed by atoms with Crippen LogP contribution in [-0.4, -0.2) is 41.6 Å². The third-order valence-corrected chi connectivity index (χ3v) is 2.45. The standard InChI is InChI=1S/C11H21N3O5.Cu/c12-6-2-1-3-7(13)10(17)19-11(18)8(14)4-5-9(15)16;/h7-8H,1-6,12-14H2,(H,15,16);/t7-,8-;/m0./s1. The fourth-order valence-electron chi connectivity index (χ4n) is 1.27. The molecule has 121 valence electrons. The second kappa shape index (κ2) is 11.8.